The van der Waals surface area contributed by atoms with Crippen LogP contribution in [0, 0.1) is 5.92 Å². The molecule has 1 fully saturated rings. The van der Waals surface area contributed by atoms with Gasteiger partial charge in [0.25, 0.3) is 0 Å². The van der Waals surface area contributed by atoms with Gasteiger partial charge in [-0.05, 0) is 18.8 Å². The molecule has 2 N–H and O–H groups in total. The zero-order valence-electron chi connectivity index (χ0n) is 8.79. The number of nitrogens with two attached hydrogens (primary N) is 1. The molecule has 3 nitrogen and oxygen atoms in total. The summed E-state index contributed by atoms with van der Waals surface area (Å²) in [6, 6.07) is 0. The van der Waals surface area contributed by atoms with E-state index < -0.39 is 18.5 Å². The molecule has 7 heteroatoms. The van der Waals surface area contributed by atoms with Crippen LogP contribution in [0.15, 0.2) is 0 Å². The lowest BCUT2D eigenvalue weighted by Crippen LogP contribution is -2.39. The molecule has 1 amide bonds. The number of carbonyl (C=O) groups excluding carboxylic acids is 1. The quantitative estimate of drug-likeness (QED) is 0.815. The van der Waals surface area contributed by atoms with Crippen LogP contribution in [-0.2, 0) is 4.79 Å². The molecule has 1 saturated carbocycles. The number of hydrogen-bond acceptors (Lipinski definition) is 2. The van der Waals surface area contributed by atoms with Crippen molar-refractivity contribution >= 4 is 18.3 Å². The Hall–Kier alpha value is -0.490. The fraction of sp³-hybridized carbons (Fsp3) is 0.889. The van der Waals surface area contributed by atoms with E-state index in [1.807, 2.05) is 0 Å². The van der Waals surface area contributed by atoms with E-state index in [2.05, 4.69) is 0 Å². The number of nitrogens with zero attached hydrogens (tertiary/aromatic N) is 1. The molecule has 0 radical (unpaired) electrons. The lowest BCUT2D eigenvalue weighted by atomic mass is 10.3. The summed E-state index contributed by atoms with van der Waals surface area (Å²) in [4.78, 5) is 12.5. The van der Waals surface area contributed by atoms with Crippen LogP contribution in [0.2, 0.25) is 0 Å². The summed E-state index contributed by atoms with van der Waals surface area (Å²) in [5.74, 6) is -0.0140. The Bertz CT molecular complexity index is 231. The number of hydrogen-bond donors (Lipinski definition) is 1. The molecule has 0 aliphatic heterocycles. The van der Waals surface area contributed by atoms with Crippen molar-refractivity contribution < 1.29 is 18.0 Å². The van der Waals surface area contributed by atoms with E-state index in [4.69, 9.17) is 5.73 Å². The Kier molecular flexibility index (Phi) is 6.10. The minimum Gasteiger partial charge on any atom is -0.341 e. The molecule has 0 heterocycles. The number of rotatable bonds is 5. The summed E-state index contributed by atoms with van der Waals surface area (Å²) < 4.78 is 35.9. The van der Waals surface area contributed by atoms with E-state index >= 15 is 0 Å². The van der Waals surface area contributed by atoms with E-state index in [1.165, 1.54) is 4.90 Å². The highest BCUT2D eigenvalue weighted by Gasteiger charge is 2.31. The number of alkyl halides is 3. The van der Waals surface area contributed by atoms with Gasteiger partial charge in [-0.3, -0.25) is 4.79 Å². The molecule has 0 saturated heterocycles. The van der Waals surface area contributed by atoms with Crippen LogP contribution in [0.25, 0.3) is 0 Å². The summed E-state index contributed by atoms with van der Waals surface area (Å²) in [7, 11) is 0. The first kappa shape index (κ1) is 15.5. The van der Waals surface area contributed by atoms with Crippen LogP contribution in [0.3, 0.4) is 0 Å². The molecule has 0 aromatic heterocycles. The maximum absolute atomic E-state index is 12.0. The third kappa shape index (κ3) is 6.17. The summed E-state index contributed by atoms with van der Waals surface area (Å²) in [6.45, 7) is -0.0628. The van der Waals surface area contributed by atoms with Gasteiger partial charge in [0.1, 0.15) is 0 Å². The van der Waals surface area contributed by atoms with Crippen molar-refractivity contribution in [1.29, 1.82) is 0 Å². The largest absolute Gasteiger partial charge is 0.390 e. The highest BCUT2D eigenvalue weighted by atomic mass is 35.5. The average Bonchev–Trinajstić information content (AvgIpc) is 2.93. The van der Waals surface area contributed by atoms with Gasteiger partial charge >= 0.3 is 6.18 Å². The smallest absolute Gasteiger partial charge is 0.341 e. The first-order valence-corrected chi connectivity index (χ1v) is 4.97. The maximum atomic E-state index is 12.0. The summed E-state index contributed by atoms with van der Waals surface area (Å²) in [5.41, 5.74) is 5.14. The lowest BCUT2D eigenvalue weighted by molar-refractivity contribution is -0.144. The third-order valence-electron chi connectivity index (χ3n) is 2.37. The van der Waals surface area contributed by atoms with Crippen molar-refractivity contribution in [2.75, 3.05) is 19.6 Å². The van der Waals surface area contributed by atoms with Crippen LogP contribution in [0.5, 0.6) is 0 Å². The Balaban J connectivity index is 0.00000225. The van der Waals surface area contributed by atoms with Crippen molar-refractivity contribution in [3.63, 3.8) is 0 Å². The topological polar surface area (TPSA) is 46.3 Å². The fourth-order valence-electron chi connectivity index (χ4n) is 1.32. The van der Waals surface area contributed by atoms with E-state index in [0.717, 1.165) is 12.8 Å². The van der Waals surface area contributed by atoms with Gasteiger partial charge in [0.15, 0.2) is 0 Å². The van der Waals surface area contributed by atoms with Crippen molar-refractivity contribution in [3.05, 3.63) is 0 Å². The molecular formula is C9H16ClF3N2O. The zero-order chi connectivity index (χ0) is 11.5. The molecule has 0 bridgehead atoms. The van der Waals surface area contributed by atoms with Gasteiger partial charge in [0.05, 0.1) is 13.0 Å². The second-order valence-electron chi connectivity index (χ2n) is 3.85. The van der Waals surface area contributed by atoms with Gasteiger partial charge in [-0.25, -0.2) is 0 Å². The van der Waals surface area contributed by atoms with Crippen LogP contribution >= 0.6 is 12.4 Å². The number of carbonyl (C=O) groups is 1. The zero-order valence-corrected chi connectivity index (χ0v) is 9.61. The predicted molar refractivity (Wildman–Crippen MR) is 56.3 cm³/mol. The van der Waals surface area contributed by atoms with Gasteiger partial charge < -0.3 is 10.6 Å². The molecule has 0 atom stereocenters. The Labute approximate surface area is 98.6 Å². The standard InChI is InChI=1S/C9H15F3N2O.ClH/c10-9(11,12)3-4-14(8(15)5-13)6-7-1-2-7;/h7H,1-6,13H2;1H. The molecule has 1 aliphatic carbocycles. The SMILES string of the molecule is Cl.NCC(=O)N(CCC(F)(F)F)CC1CC1. The molecule has 0 spiro atoms. The van der Waals surface area contributed by atoms with Crippen LogP contribution in [0.4, 0.5) is 13.2 Å². The average molecular weight is 261 g/mol. The fourth-order valence-corrected chi connectivity index (χ4v) is 1.32. The van der Waals surface area contributed by atoms with E-state index in [9.17, 15) is 18.0 Å². The predicted octanol–water partition coefficient (Wildman–Crippen LogP) is 1.56. The summed E-state index contributed by atoms with van der Waals surface area (Å²) in [5, 5.41) is 0. The highest BCUT2D eigenvalue weighted by molar-refractivity contribution is 5.85. The Morgan fingerprint density at radius 2 is 1.94 bits per heavy atom. The van der Waals surface area contributed by atoms with Crippen molar-refractivity contribution in [1.82, 2.24) is 4.90 Å². The Morgan fingerprint density at radius 3 is 2.31 bits per heavy atom. The van der Waals surface area contributed by atoms with Crippen LogP contribution < -0.4 is 5.73 Å². The first-order chi connectivity index (χ1) is 6.92. The number of amides is 1. The maximum Gasteiger partial charge on any atom is 0.390 e. The van der Waals surface area contributed by atoms with Gasteiger partial charge in [-0.2, -0.15) is 13.2 Å². The monoisotopic (exact) mass is 260 g/mol. The second-order valence-corrected chi connectivity index (χ2v) is 3.85. The molecule has 96 valence electrons. The highest BCUT2D eigenvalue weighted by Crippen LogP contribution is 2.30. The molecule has 0 unspecified atom stereocenters. The van der Waals surface area contributed by atoms with E-state index in [0.29, 0.717) is 12.5 Å². The minimum absolute atomic E-state index is 0. The second kappa shape index (κ2) is 6.30. The molecule has 1 aliphatic rings. The summed E-state index contributed by atoms with van der Waals surface area (Å²) in [6.07, 6.45) is -3.16. The van der Waals surface area contributed by atoms with Crippen molar-refractivity contribution in [2.24, 2.45) is 11.7 Å². The van der Waals surface area contributed by atoms with Crippen LogP contribution in [-0.4, -0.2) is 36.6 Å². The first-order valence-electron chi connectivity index (χ1n) is 4.97. The summed E-state index contributed by atoms with van der Waals surface area (Å²) >= 11 is 0. The van der Waals surface area contributed by atoms with Crippen LogP contribution in [0.1, 0.15) is 19.3 Å². The van der Waals surface area contributed by atoms with E-state index in [-0.39, 0.29) is 25.5 Å². The lowest BCUT2D eigenvalue weighted by Gasteiger charge is -2.22. The normalized spacial score (nSPS) is 15.5. The van der Waals surface area contributed by atoms with Gasteiger partial charge in [0, 0.05) is 13.1 Å². The Morgan fingerprint density at radius 1 is 1.38 bits per heavy atom. The number of halogens is 4. The molecule has 0 aromatic carbocycles. The molecule has 16 heavy (non-hydrogen) atoms. The molecule has 1 rings (SSSR count). The third-order valence-corrected chi connectivity index (χ3v) is 2.37. The van der Waals surface area contributed by atoms with Gasteiger partial charge in [-0.1, -0.05) is 0 Å². The van der Waals surface area contributed by atoms with E-state index in [1.54, 1.807) is 0 Å². The van der Waals surface area contributed by atoms with Crippen molar-refractivity contribution in [3.8, 4) is 0 Å². The van der Waals surface area contributed by atoms with Gasteiger partial charge in [-0.15, -0.1) is 12.4 Å². The van der Waals surface area contributed by atoms with Crippen molar-refractivity contribution in [2.45, 2.75) is 25.4 Å². The minimum atomic E-state index is -4.21. The van der Waals surface area contributed by atoms with Gasteiger partial charge in [0.2, 0.25) is 5.91 Å². The molecular weight excluding hydrogens is 245 g/mol. The molecule has 0 aromatic rings.